The Kier molecular flexibility index (Phi) is 7.77. The van der Waals surface area contributed by atoms with Crippen molar-refractivity contribution in [3.63, 3.8) is 0 Å². The van der Waals surface area contributed by atoms with Crippen molar-refractivity contribution < 1.29 is 4.74 Å². The second-order valence-corrected chi connectivity index (χ2v) is 12.9. The van der Waals surface area contributed by atoms with Gasteiger partial charge in [-0.15, -0.1) is 0 Å². The van der Waals surface area contributed by atoms with E-state index in [4.69, 9.17) is 4.74 Å². The predicted octanol–water partition coefficient (Wildman–Crippen LogP) is 11.8. The summed E-state index contributed by atoms with van der Waals surface area (Å²) in [5.41, 5.74) is 18.4. The van der Waals surface area contributed by atoms with Crippen molar-refractivity contribution in [3.8, 4) is 22.3 Å². The predicted molar refractivity (Wildman–Crippen MR) is 196 cm³/mol. The van der Waals surface area contributed by atoms with Crippen LogP contribution in [-0.4, -0.2) is 0 Å². The molecule has 0 aliphatic heterocycles. The normalized spacial score (nSPS) is 16.4. The Hall–Kier alpha value is -5.24. The van der Waals surface area contributed by atoms with E-state index in [1.807, 2.05) is 0 Å². The van der Waals surface area contributed by atoms with Gasteiger partial charge in [-0.1, -0.05) is 169 Å². The first-order valence-corrected chi connectivity index (χ1v) is 16.6. The van der Waals surface area contributed by atoms with Crippen LogP contribution in [0.1, 0.15) is 70.2 Å². The zero-order valence-corrected chi connectivity index (χ0v) is 27.0. The minimum absolute atomic E-state index is 0.224. The van der Waals surface area contributed by atoms with Crippen LogP contribution in [0.2, 0.25) is 0 Å². The second-order valence-electron chi connectivity index (χ2n) is 12.9. The third-order valence-corrected chi connectivity index (χ3v) is 9.97. The fourth-order valence-electron chi connectivity index (χ4n) is 7.83. The van der Waals surface area contributed by atoms with E-state index in [1.165, 1.54) is 77.9 Å². The summed E-state index contributed by atoms with van der Waals surface area (Å²) in [4.78, 5) is 0. The van der Waals surface area contributed by atoms with Crippen LogP contribution in [0.3, 0.4) is 0 Å². The Morgan fingerprint density at radius 1 is 0.404 bits per heavy atom. The zero-order chi connectivity index (χ0) is 31.7. The molecule has 2 unspecified atom stereocenters. The van der Waals surface area contributed by atoms with Crippen molar-refractivity contribution in [2.75, 3.05) is 0 Å². The molecule has 8 rings (SSSR count). The second kappa shape index (κ2) is 12.5. The number of rotatable bonds is 8. The van der Waals surface area contributed by atoms with Crippen LogP contribution < -0.4 is 0 Å². The monoisotopic (exact) mass is 606 g/mol. The third kappa shape index (κ3) is 5.37. The lowest BCUT2D eigenvalue weighted by atomic mass is 9.85. The summed E-state index contributed by atoms with van der Waals surface area (Å²) in [7, 11) is 0. The molecule has 2 aliphatic rings. The number of benzene rings is 6. The molecular formula is C46H38O. The van der Waals surface area contributed by atoms with Crippen LogP contribution in [0, 0.1) is 0 Å². The molecule has 0 saturated heterocycles. The van der Waals surface area contributed by atoms with Crippen molar-refractivity contribution in [1.82, 2.24) is 0 Å². The highest BCUT2D eigenvalue weighted by molar-refractivity contribution is 5.84. The molecule has 0 aromatic heterocycles. The Labute approximate surface area is 278 Å². The molecule has 2 aliphatic carbocycles. The minimum Gasteiger partial charge on any atom is -0.372 e. The van der Waals surface area contributed by atoms with Gasteiger partial charge in [0, 0.05) is 11.8 Å². The maximum Gasteiger partial charge on any atom is 0.0724 e. The number of hydrogen-bond acceptors (Lipinski definition) is 1. The summed E-state index contributed by atoms with van der Waals surface area (Å²) < 4.78 is 6.60. The molecule has 0 fully saturated rings. The lowest BCUT2D eigenvalue weighted by Crippen LogP contribution is -2.08. The van der Waals surface area contributed by atoms with Gasteiger partial charge in [0.25, 0.3) is 0 Å². The molecule has 6 aromatic rings. The van der Waals surface area contributed by atoms with Gasteiger partial charge in [-0.3, -0.25) is 0 Å². The summed E-state index contributed by atoms with van der Waals surface area (Å²) in [6.07, 6.45) is 4.77. The molecule has 0 bridgehead atoms. The van der Waals surface area contributed by atoms with E-state index in [1.54, 1.807) is 0 Å². The topological polar surface area (TPSA) is 9.23 Å². The molecule has 0 spiro atoms. The van der Waals surface area contributed by atoms with Crippen molar-refractivity contribution in [2.24, 2.45) is 0 Å². The van der Waals surface area contributed by atoms with Gasteiger partial charge in [0.2, 0.25) is 0 Å². The first kappa shape index (κ1) is 29.2. The molecule has 1 heteroatoms. The molecule has 6 aromatic carbocycles. The van der Waals surface area contributed by atoms with Gasteiger partial charge >= 0.3 is 0 Å². The highest BCUT2D eigenvalue weighted by atomic mass is 16.5. The van der Waals surface area contributed by atoms with E-state index in [9.17, 15) is 0 Å². The quantitative estimate of drug-likeness (QED) is 0.167. The van der Waals surface area contributed by atoms with Gasteiger partial charge in [-0.25, -0.2) is 0 Å². The van der Waals surface area contributed by atoms with Gasteiger partial charge in [-0.2, -0.15) is 0 Å². The number of hydrogen-bond donors (Lipinski definition) is 0. The fraction of sp³-hybridized carbons (Fsp3) is 0.130. The lowest BCUT2D eigenvalue weighted by molar-refractivity contribution is 0.106. The average Bonchev–Trinajstić information content (AvgIpc) is 3.64. The molecule has 2 atom stereocenters. The van der Waals surface area contributed by atoms with Crippen molar-refractivity contribution >= 4 is 12.2 Å². The third-order valence-electron chi connectivity index (χ3n) is 9.97. The van der Waals surface area contributed by atoms with E-state index in [2.05, 4.69) is 172 Å². The summed E-state index contributed by atoms with van der Waals surface area (Å²) in [5.74, 6) is 0.449. The van der Waals surface area contributed by atoms with E-state index >= 15 is 0 Å². The van der Waals surface area contributed by atoms with Crippen LogP contribution in [0.4, 0.5) is 0 Å². The van der Waals surface area contributed by atoms with Crippen molar-refractivity contribution in [2.45, 2.75) is 38.9 Å². The van der Waals surface area contributed by atoms with Crippen molar-refractivity contribution in [1.29, 1.82) is 0 Å². The molecule has 0 heterocycles. The van der Waals surface area contributed by atoms with Gasteiger partial charge in [0.15, 0.2) is 0 Å². The highest BCUT2D eigenvalue weighted by Crippen LogP contribution is 2.47. The molecule has 0 amide bonds. The average molecular weight is 607 g/mol. The first-order valence-electron chi connectivity index (χ1n) is 16.6. The van der Waals surface area contributed by atoms with Crippen LogP contribution in [0.15, 0.2) is 157 Å². The first-order chi connectivity index (χ1) is 23.2. The molecule has 228 valence electrons. The van der Waals surface area contributed by atoms with Crippen molar-refractivity contribution in [3.05, 3.63) is 201 Å². The van der Waals surface area contributed by atoms with E-state index in [0.29, 0.717) is 13.2 Å². The molecule has 0 radical (unpaired) electrons. The standard InChI is InChI=1S/C46H38O/c1-31-27-43-37(33-15-5-3-6-16-33)23-13-25-41(43)45(31)39-21-11-9-19-35(39)29-47-30-36-20-10-12-22-40(36)46-32(2)28-44-38(24-14-26-42(44)46)34-17-7-4-8-18-34/h3-28,45-46H,29-30H2,1-2H3. The minimum atomic E-state index is 0.224. The number of fused-ring (bicyclic) bond motifs is 2. The Morgan fingerprint density at radius 2 is 0.787 bits per heavy atom. The fourth-order valence-corrected chi connectivity index (χ4v) is 7.83. The summed E-state index contributed by atoms with van der Waals surface area (Å²) in [5, 5.41) is 0. The van der Waals surface area contributed by atoms with Gasteiger partial charge < -0.3 is 4.74 Å². The Bertz CT molecular complexity index is 1980. The maximum atomic E-state index is 6.60. The van der Waals surface area contributed by atoms with Crippen LogP contribution >= 0.6 is 0 Å². The zero-order valence-electron chi connectivity index (χ0n) is 27.0. The van der Waals surface area contributed by atoms with Gasteiger partial charge in [0.1, 0.15) is 0 Å². The van der Waals surface area contributed by atoms with Gasteiger partial charge in [-0.05, 0) is 80.6 Å². The summed E-state index contributed by atoms with van der Waals surface area (Å²) in [6, 6.07) is 52.6. The number of allylic oxidation sites excluding steroid dienone is 2. The number of ether oxygens (including phenoxy) is 1. The maximum absolute atomic E-state index is 6.60. The smallest absolute Gasteiger partial charge is 0.0724 e. The van der Waals surface area contributed by atoms with E-state index in [-0.39, 0.29) is 11.8 Å². The summed E-state index contributed by atoms with van der Waals surface area (Å²) >= 11 is 0. The molecule has 1 nitrogen and oxygen atoms in total. The van der Waals surface area contributed by atoms with Crippen LogP contribution in [0.25, 0.3) is 34.4 Å². The lowest BCUT2D eigenvalue weighted by Gasteiger charge is -2.21. The molecule has 0 saturated carbocycles. The Balaban J connectivity index is 1.06. The highest BCUT2D eigenvalue weighted by Gasteiger charge is 2.29. The van der Waals surface area contributed by atoms with Crippen LogP contribution in [0.5, 0.6) is 0 Å². The SMILES string of the molecule is CC1=Cc2c(-c3ccccc3)cccc2C1c1ccccc1COCc1ccccc1C1C(C)=Cc2c(-c3ccccc3)cccc21. The largest absolute Gasteiger partial charge is 0.372 e. The molecule has 0 N–H and O–H groups in total. The van der Waals surface area contributed by atoms with E-state index in [0.717, 1.165) is 0 Å². The Morgan fingerprint density at radius 3 is 1.23 bits per heavy atom. The van der Waals surface area contributed by atoms with Gasteiger partial charge in [0.05, 0.1) is 13.2 Å². The molecular weight excluding hydrogens is 569 g/mol. The molecule has 47 heavy (non-hydrogen) atoms. The van der Waals surface area contributed by atoms with E-state index < -0.39 is 0 Å². The summed E-state index contributed by atoms with van der Waals surface area (Å²) in [6.45, 7) is 5.67. The van der Waals surface area contributed by atoms with Crippen LogP contribution in [-0.2, 0) is 18.0 Å².